The Hall–Kier alpha value is -2.90. The van der Waals surface area contributed by atoms with Crippen molar-refractivity contribution in [2.75, 3.05) is 30.8 Å². The number of ketones is 1. The Morgan fingerprint density at radius 1 is 1.07 bits per heavy atom. The minimum atomic E-state index is -0.138. The smallest absolute Gasteiger partial charge is 0.205 e. The second kappa shape index (κ2) is 8.85. The number of nitrogen functional groups attached to an aromatic ring is 1. The van der Waals surface area contributed by atoms with Crippen molar-refractivity contribution in [1.29, 1.82) is 0 Å². The van der Waals surface area contributed by atoms with Gasteiger partial charge in [0.2, 0.25) is 5.78 Å². The first kappa shape index (κ1) is 20.4. The van der Waals surface area contributed by atoms with E-state index in [2.05, 4.69) is 15.1 Å². The van der Waals surface area contributed by atoms with Gasteiger partial charge in [0.25, 0.3) is 0 Å². The third-order valence-electron chi connectivity index (χ3n) is 4.94. The number of nitrogens with two attached hydrogens (primary N) is 1. The van der Waals surface area contributed by atoms with Crippen LogP contribution in [-0.4, -0.2) is 26.0 Å². The number of rotatable bonds is 6. The molecule has 0 amide bonds. The van der Waals surface area contributed by atoms with Crippen molar-refractivity contribution in [3.8, 4) is 5.75 Å². The third kappa shape index (κ3) is 4.17. The predicted molar refractivity (Wildman–Crippen MR) is 122 cm³/mol. The van der Waals surface area contributed by atoms with Crippen LogP contribution in [0.5, 0.6) is 5.75 Å². The van der Waals surface area contributed by atoms with Crippen molar-refractivity contribution in [2.24, 2.45) is 10.2 Å². The lowest BCUT2D eigenvalue weighted by atomic mass is 10.1. The van der Waals surface area contributed by atoms with Gasteiger partial charge in [0.1, 0.15) is 21.3 Å². The molecule has 1 aliphatic rings. The Kier molecular flexibility index (Phi) is 6.01. The van der Waals surface area contributed by atoms with Gasteiger partial charge in [0.15, 0.2) is 0 Å². The third-order valence-corrected chi connectivity index (χ3v) is 6.45. The van der Waals surface area contributed by atoms with Crippen LogP contribution < -0.4 is 15.4 Å². The molecule has 1 aliphatic heterocycles. The van der Waals surface area contributed by atoms with E-state index >= 15 is 0 Å². The lowest BCUT2D eigenvalue weighted by Crippen LogP contribution is -2.16. The van der Waals surface area contributed by atoms with Crippen molar-refractivity contribution in [3.05, 3.63) is 64.0 Å². The SMILES string of the molecule is COc1ccc(N=Nc2c(N3CCCC3)sc(C(=O)c3ccc(Cl)cc3)c2N)cc1. The van der Waals surface area contributed by atoms with Crippen molar-refractivity contribution < 1.29 is 9.53 Å². The minimum Gasteiger partial charge on any atom is -0.497 e. The maximum atomic E-state index is 13.1. The first-order valence-electron chi connectivity index (χ1n) is 9.60. The van der Waals surface area contributed by atoms with Gasteiger partial charge in [0.05, 0.1) is 18.5 Å². The first-order valence-corrected chi connectivity index (χ1v) is 10.8. The van der Waals surface area contributed by atoms with Crippen molar-refractivity contribution in [1.82, 2.24) is 0 Å². The molecule has 0 bridgehead atoms. The Morgan fingerprint density at radius 3 is 2.37 bits per heavy atom. The van der Waals surface area contributed by atoms with E-state index in [0.717, 1.165) is 36.7 Å². The average molecular weight is 441 g/mol. The van der Waals surface area contributed by atoms with Crippen LogP contribution in [0.15, 0.2) is 58.8 Å². The number of thiophene rings is 1. The number of azo groups is 1. The van der Waals surface area contributed by atoms with Crippen LogP contribution in [-0.2, 0) is 0 Å². The van der Waals surface area contributed by atoms with E-state index in [-0.39, 0.29) is 5.78 Å². The molecule has 0 aliphatic carbocycles. The second-order valence-electron chi connectivity index (χ2n) is 6.93. The number of ether oxygens (including phenoxy) is 1. The number of anilines is 2. The first-order chi connectivity index (χ1) is 14.6. The Balaban J connectivity index is 1.71. The van der Waals surface area contributed by atoms with Gasteiger partial charge >= 0.3 is 0 Å². The molecule has 0 unspecified atom stereocenters. The number of hydrogen-bond acceptors (Lipinski definition) is 7. The number of methoxy groups -OCH3 is 1. The van der Waals surface area contributed by atoms with E-state index in [1.165, 1.54) is 11.3 Å². The van der Waals surface area contributed by atoms with Crippen molar-refractivity contribution in [2.45, 2.75) is 12.8 Å². The summed E-state index contributed by atoms with van der Waals surface area (Å²) in [6.45, 7) is 1.83. The molecule has 6 nitrogen and oxygen atoms in total. The van der Waals surface area contributed by atoms with E-state index in [9.17, 15) is 4.79 Å². The van der Waals surface area contributed by atoms with Crippen LogP contribution in [0.2, 0.25) is 5.02 Å². The summed E-state index contributed by atoms with van der Waals surface area (Å²) in [5.41, 5.74) is 8.54. The van der Waals surface area contributed by atoms with Gasteiger partial charge in [-0.15, -0.1) is 16.5 Å². The van der Waals surface area contributed by atoms with Gasteiger partial charge in [-0.1, -0.05) is 11.6 Å². The molecule has 0 spiro atoms. The molecule has 0 atom stereocenters. The molecule has 2 aromatic carbocycles. The van der Waals surface area contributed by atoms with Gasteiger partial charge in [-0.2, -0.15) is 5.11 Å². The summed E-state index contributed by atoms with van der Waals surface area (Å²) in [6.07, 6.45) is 2.21. The molecule has 2 heterocycles. The molecule has 1 fully saturated rings. The summed E-state index contributed by atoms with van der Waals surface area (Å²) in [7, 11) is 1.62. The predicted octanol–water partition coefficient (Wildman–Crippen LogP) is 6.24. The molecule has 4 rings (SSSR count). The molecule has 2 N–H and O–H groups in total. The van der Waals surface area contributed by atoms with Crippen LogP contribution in [0, 0.1) is 0 Å². The Bertz CT molecular complexity index is 1070. The molecule has 1 aromatic heterocycles. The Morgan fingerprint density at radius 2 is 1.73 bits per heavy atom. The minimum absolute atomic E-state index is 0.138. The molecular weight excluding hydrogens is 420 g/mol. The average Bonchev–Trinajstić information content (AvgIpc) is 3.41. The summed E-state index contributed by atoms with van der Waals surface area (Å²) >= 11 is 7.33. The lowest BCUT2D eigenvalue weighted by Gasteiger charge is -2.15. The largest absolute Gasteiger partial charge is 0.497 e. The fourth-order valence-corrected chi connectivity index (χ4v) is 4.61. The number of hydrogen-bond donors (Lipinski definition) is 1. The van der Waals surface area contributed by atoms with E-state index < -0.39 is 0 Å². The monoisotopic (exact) mass is 440 g/mol. The van der Waals surface area contributed by atoms with E-state index in [0.29, 0.717) is 32.5 Å². The van der Waals surface area contributed by atoms with Crippen LogP contribution in [0.1, 0.15) is 28.1 Å². The molecule has 0 saturated carbocycles. The molecule has 0 radical (unpaired) electrons. The van der Waals surface area contributed by atoms with E-state index in [1.54, 1.807) is 31.4 Å². The number of carbonyl (C=O) groups excluding carboxylic acids is 1. The second-order valence-corrected chi connectivity index (χ2v) is 8.36. The molecule has 1 saturated heterocycles. The molecular formula is C22H21ClN4O2S. The highest BCUT2D eigenvalue weighted by atomic mass is 35.5. The van der Waals surface area contributed by atoms with Gasteiger partial charge in [-0.05, 0) is 61.4 Å². The topological polar surface area (TPSA) is 80.3 Å². The highest BCUT2D eigenvalue weighted by molar-refractivity contribution is 7.19. The van der Waals surface area contributed by atoms with Gasteiger partial charge in [0, 0.05) is 23.7 Å². The number of halogens is 1. The molecule has 154 valence electrons. The van der Waals surface area contributed by atoms with Crippen LogP contribution in [0.4, 0.5) is 22.1 Å². The van der Waals surface area contributed by atoms with Crippen molar-refractivity contribution >= 4 is 50.8 Å². The lowest BCUT2D eigenvalue weighted by molar-refractivity contribution is 0.104. The maximum absolute atomic E-state index is 13.1. The zero-order valence-corrected chi connectivity index (χ0v) is 18.0. The Labute approximate surface area is 183 Å². The number of benzene rings is 2. The quantitative estimate of drug-likeness (QED) is 0.363. The van der Waals surface area contributed by atoms with Gasteiger partial charge in [-0.3, -0.25) is 4.79 Å². The summed E-state index contributed by atoms with van der Waals surface area (Å²) in [5, 5.41) is 10.3. The van der Waals surface area contributed by atoms with Crippen LogP contribution >= 0.6 is 22.9 Å². The summed E-state index contributed by atoms with van der Waals surface area (Å²) in [4.78, 5) is 15.8. The van der Waals surface area contributed by atoms with E-state index in [1.807, 2.05) is 24.3 Å². The zero-order valence-electron chi connectivity index (χ0n) is 16.5. The van der Waals surface area contributed by atoms with Crippen molar-refractivity contribution in [3.63, 3.8) is 0 Å². The molecule has 30 heavy (non-hydrogen) atoms. The fraction of sp³-hybridized carbons (Fsp3) is 0.227. The summed E-state index contributed by atoms with van der Waals surface area (Å²) in [6, 6.07) is 14.1. The van der Waals surface area contributed by atoms with Gasteiger partial charge < -0.3 is 15.4 Å². The van der Waals surface area contributed by atoms with Gasteiger partial charge in [-0.25, -0.2) is 0 Å². The summed E-state index contributed by atoms with van der Waals surface area (Å²) in [5.74, 6) is 0.609. The summed E-state index contributed by atoms with van der Waals surface area (Å²) < 4.78 is 5.17. The van der Waals surface area contributed by atoms with Crippen LogP contribution in [0.3, 0.4) is 0 Å². The van der Waals surface area contributed by atoms with Crippen LogP contribution in [0.25, 0.3) is 0 Å². The fourth-order valence-electron chi connectivity index (χ4n) is 3.31. The number of carbonyl (C=O) groups is 1. The molecule has 8 heteroatoms. The normalized spacial score (nSPS) is 13.9. The standard InChI is InChI=1S/C22H21ClN4O2S/c1-29-17-10-8-16(9-11-17)25-26-19-18(24)21(30-22(19)27-12-2-3-13-27)20(28)14-4-6-15(23)7-5-14/h4-11H,2-3,12-13,24H2,1H3. The highest BCUT2D eigenvalue weighted by Crippen LogP contribution is 2.47. The highest BCUT2D eigenvalue weighted by Gasteiger charge is 2.26. The molecule has 3 aromatic rings. The maximum Gasteiger partial charge on any atom is 0.205 e. The van der Waals surface area contributed by atoms with E-state index in [4.69, 9.17) is 22.1 Å². The number of nitrogens with zero attached hydrogens (tertiary/aromatic N) is 3. The zero-order chi connectivity index (χ0) is 21.1.